The lowest BCUT2D eigenvalue weighted by Crippen LogP contribution is -2.15. The minimum atomic E-state index is -4.67. The number of alkyl halides is 3. The van der Waals surface area contributed by atoms with Gasteiger partial charge in [-0.2, -0.15) is 18.2 Å². The van der Waals surface area contributed by atoms with Crippen molar-refractivity contribution in [2.45, 2.75) is 39.8 Å². The van der Waals surface area contributed by atoms with Gasteiger partial charge in [-0.05, 0) is 44.0 Å². The van der Waals surface area contributed by atoms with Gasteiger partial charge in [0, 0.05) is 36.1 Å². The van der Waals surface area contributed by atoms with E-state index in [0.29, 0.717) is 28.3 Å². The maximum Gasteiger partial charge on any atom is 0.453 e. The van der Waals surface area contributed by atoms with E-state index in [0.717, 1.165) is 4.52 Å². The summed E-state index contributed by atoms with van der Waals surface area (Å²) in [5, 5.41) is 8.85. The number of carbonyl (C=O) groups excluding carboxylic acids is 2. The predicted molar refractivity (Wildman–Crippen MR) is 103 cm³/mol. The van der Waals surface area contributed by atoms with Gasteiger partial charge in [0.1, 0.15) is 0 Å². The summed E-state index contributed by atoms with van der Waals surface area (Å²) in [4.78, 5) is 31.0. The molecule has 0 saturated carbocycles. The second kappa shape index (κ2) is 8.09. The molecule has 1 aromatic carbocycles. The molecule has 0 unspecified atom stereocenters. The first kappa shape index (κ1) is 21.2. The highest BCUT2D eigenvalue weighted by Crippen LogP contribution is 2.27. The van der Waals surface area contributed by atoms with E-state index >= 15 is 0 Å². The zero-order valence-corrected chi connectivity index (χ0v) is 16.5. The summed E-state index contributed by atoms with van der Waals surface area (Å²) in [5.74, 6) is -1.91. The van der Waals surface area contributed by atoms with Crippen molar-refractivity contribution in [3.8, 4) is 0 Å². The molecule has 3 rings (SSSR count). The van der Waals surface area contributed by atoms with Crippen LogP contribution in [0.2, 0.25) is 0 Å². The monoisotopic (exact) mass is 420 g/mol. The standard InChI is InChI=1S/C19H19F3N6O2/c1-10-15(11(2)28-18(23-10)26-17(27-28)19(20,21)22)7-8-16(30)25-14-6-4-5-13(9-14)24-12(3)29/h4-6,9H,7-8H2,1-3H3,(H,24,29)(H,25,30). The van der Waals surface area contributed by atoms with E-state index in [1.54, 1.807) is 38.1 Å². The third kappa shape index (κ3) is 4.73. The molecule has 0 aliphatic heterocycles. The van der Waals surface area contributed by atoms with Gasteiger partial charge < -0.3 is 10.6 Å². The Labute approximate surface area is 169 Å². The van der Waals surface area contributed by atoms with Crippen molar-refractivity contribution in [1.82, 2.24) is 19.6 Å². The fraction of sp³-hybridized carbons (Fsp3) is 0.316. The second-order valence-electron chi connectivity index (χ2n) is 6.72. The number of hydrogen-bond donors (Lipinski definition) is 2. The predicted octanol–water partition coefficient (Wildman–Crippen LogP) is 3.29. The number of nitrogens with one attached hydrogen (secondary N) is 2. The van der Waals surface area contributed by atoms with Crippen LogP contribution < -0.4 is 10.6 Å². The van der Waals surface area contributed by atoms with Gasteiger partial charge in [0.05, 0.1) is 0 Å². The zero-order valence-electron chi connectivity index (χ0n) is 16.5. The summed E-state index contributed by atoms with van der Waals surface area (Å²) in [5.41, 5.74) is 2.62. The molecule has 0 radical (unpaired) electrons. The molecule has 158 valence electrons. The summed E-state index contributed by atoms with van der Waals surface area (Å²) >= 11 is 0. The molecule has 0 aliphatic carbocycles. The average molecular weight is 420 g/mol. The van der Waals surface area contributed by atoms with Crippen LogP contribution in [0.3, 0.4) is 0 Å². The maximum absolute atomic E-state index is 12.9. The van der Waals surface area contributed by atoms with E-state index in [1.807, 2.05) is 0 Å². The van der Waals surface area contributed by atoms with Crippen molar-refractivity contribution in [1.29, 1.82) is 0 Å². The number of fused-ring (bicyclic) bond motifs is 1. The van der Waals surface area contributed by atoms with Crippen LogP contribution in [-0.2, 0) is 22.2 Å². The van der Waals surface area contributed by atoms with Crippen molar-refractivity contribution in [3.05, 3.63) is 47.0 Å². The first-order valence-corrected chi connectivity index (χ1v) is 9.02. The van der Waals surface area contributed by atoms with Crippen LogP contribution in [0.4, 0.5) is 24.5 Å². The number of carbonyl (C=O) groups is 2. The van der Waals surface area contributed by atoms with E-state index < -0.39 is 12.0 Å². The fourth-order valence-corrected chi connectivity index (χ4v) is 3.03. The van der Waals surface area contributed by atoms with Gasteiger partial charge in [0.2, 0.25) is 11.8 Å². The smallest absolute Gasteiger partial charge is 0.326 e. The lowest BCUT2D eigenvalue weighted by atomic mass is 10.1. The van der Waals surface area contributed by atoms with Gasteiger partial charge in [-0.25, -0.2) is 9.50 Å². The minimum Gasteiger partial charge on any atom is -0.326 e. The largest absolute Gasteiger partial charge is 0.453 e. The summed E-state index contributed by atoms with van der Waals surface area (Å²) in [6, 6.07) is 6.69. The number of halogens is 3. The van der Waals surface area contributed by atoms with Crippen molar-refractivity contribution >= 4 is 29.0 Å². The lowest BCUT2D eigenvalue weighted by molar-refractivity contribution is -0.144. The van der Waals surface area contributed by atoms with Gasteiger partial charge in [0.25, 0.3) is 11.6 Å². The van der Waals surface area contributed by atoms with Crippen LogP contribution >= 0.6 is 0 Å². The van der Waals surface area contributed by atoms with Gasteiger partial charge in [-0.1, -0.05) is 6.07 Å². The van der Waals surface area contributed by atoms with E-state index in [9.17, 15) is 22.8 Å². The van der Waals surface area contributed by atoms with Crippen molar-refractivity contribution in [2.75, 3.05) is 10.6 Å². The highest BCUT2D eigenvalue weighted by atomic mass is 19.4. The molecule has 2 heterocycles. The topological polar surface area (TPSA) is 101 Å². The highest BCUT2D eigenvalue weighted by Gasteiger charge is 2.36. The Bertz CT molecular complexity index is 1120. The quantitative estimate of drug-likeness (QED) is 0.660. The van der Waals surface area contributed by atoms with E-state index in [2.05, 4.69) is 25.7 Å². The normalized spacial score (nSPS) is 11.5. The number of benzene rings is 1. The Hall–Kier alpha value is -3.50. The molecule has 0 aliphatic rings. The molecule has 2 aromatic heterocycles. The molecule has 0 bridgehead atoms. The second-order valence-corrected chi connectivity index (χ2v) is 6.72. The summed E-state index contributed by atoms with van der Waals surface area (Å²) in [6.45, 7) is 4.65. The Balaban J connectivity index is 1.73. The van der Waals surface area contributed by atoms with Crippen LogP contribution in [0.1, 0.15) is 36.1 Å². The highest BCUT2D eigenvalue weighted by molar-refractivity contribution is 5.93. The number of amides is 2. The molecular formula is C19H19F3N6O2. The fourth-order valence-electron chi connectivity index (χ4n) is 3.03. The molecular weight excluding hydrogens is 401 g/mol. The van der Waals surface area contributed by atoms with Crippen molar-refractivity contribution in [2.24, 2.45) is 0 Å². The molecule has 0 atom stereocenters. The molecule has 0 saturated heterocycles. The number of nitrogens with zero attached hydrogens (tertiary/aromatic N) is 4. The van der Waals surface area contributed by atoms with E-state index in [4.69, 9.17) is 0 Å². The summed E-state index contributed by atoms with van der Waals surface area (Å²) in [6.07, 6.45) is -4.32. The third-order valence-electron chi connectivity index (χ3n) is 4.37. The number of aryl methyl sites for hydroxylation is 2. The van der Waals surface area contributed by atoms with Crippen LogP contribution in [0.5, 0.6) is 0 Å². The molecule has 2 amide bonds. The molecule has 8 nitrogen and oxygen atoms in total. The molecule has 30 heavy (non-hydrogen) atoms. The van der Waals surface area contributed by atoms with Crippen LogP contribution in [0.15, 0.2) is 24.3 Å². The van der Waals surface area contributed by atoms with Gasteiger partial charge >= 0.3 is 6.18 Å². The summed E-state index contributed by atoms with van der Waals surface area (Å²) in [7, 11) is 0. The molecule has 0 spiro atoms. The van der Waals surface area contributed by atoms with Gasteiger partial charge in [-0.3, -0.25) is 9.59 Å². The number of anilines is 2. The minimum absolute atomic E-state index is 0.0834. The van der Waals surface area contributed by atoms with Crippen LogP contribution in [-0.4, -0.2) is 31.4 Å². The van der Waals surface area contributed by atoms with Crippen LogP contribution in [0.25, 0.3) is 5.78 Å². The van der Waals surface area contributed by atoms with E-state index in [-0.39, 0.29) is 30.4 Å². The zero-order chi connectivity index (χ0) is 22.1. The molecule has 2 N–H and O–H groups in total. The Kier molecular flexibility index (Phi) is 5.72. The number of hydrogen-bond acceptors (Lipinski definition) is 5. The summed E-state index contributed by atoms with van der Waals surface area (Å²) < 4.78 is 39.7. The molecule has 3 aromatic rings. The van der Waals surface area contributed by atoms with Crippen molar-refractivity contribution in [3.63, 3.8) is 0 Å². The Morgan fingerprint density at radius 2 is 1.77 bits per heavy atom. The first-order valence-electron chi connectivity index (χ1n) is 9.02. The number of rotatable bonds is 5. The third-order valence-corrected chi connectivity index (χ3v) is 4.37. The Morgan fingerprint density at radius 3 is 2.40 bits per heavy atom. The van der Waals surface area contributed by atoms with Crippen LogP contribution in [0, 0.1) is 13.8 Å². The average Bonchev–Trinajstić information content (AvgIpc) is 3.06. The maximum atomic E-state index is 12.9. The molecule has 0 fully saturated rings. The SMILES string of the molecule is CC(=O)Nc1cccc(NC(=O)CCc2c(C)nc3nc(C(F)(F)F)nn3c2C)c1. The van der Waals surface area contributed by atoms with Gasteiger partial charge in [-0.15, -0.1) is 5.10 Å². The van der Waals surface area contributed by atoms with Crippen molar-refractivity contribution < 1.29 is 22.8 Å². The lowest BCUT2D eigenvalue weighted by Gasteiger charge is -2.11. The first-order chi connectivity index (χ1) is 14.0. The Morgan fingerprint density at radius 1 is 1.10 bits per heavy atom. The molecule has 11 heteroatoms. The van der Waals surface area contributed by atoms with Gasteiger partial charge in [0.15, 0.2) is 0 Å². The number of aromatic nitrogens is 4. The van der Waals surface area contributed by atoms with E-state index in [1.165, 1.54) is 6.92 Å².